The highest BCUT2D eigenvalue weighted by molar-refractivity contribution is 6.24. The fourth-order valence-electron chi connectivity index (χ4n) is 5.24. The number of piperidine rings is 1. The largest absolute Gasteiger partial charge is 0.327 e. The molecule has 0 spiro atoms. The number of hydrogen-bond acceptors (Lipinski definition) is 6. The first-order valence-corrected chi connectivity index (χ1v) is 11.2. The van der Waals surface area contributed by atoms with Crippen LogP contribution in [0.5, 0.6) is 0 Å². The van der Waals surface area contributed by atoms with E-state index >= 15 is 0 Å². The molecule has 0 bridgehead atoms. The quantitative estimate of drug-likeness (QED) is 0.592. The van der Waals surface area contributed by atoms with Crippen LogP contribution in [0.15, 0.2) is 18.2 Å². The SMILES string of the molecule is CC(N)C(NCc1cccc2c1C(=O)N(C1CCC(=O)NC1=O)C2=O)C1CCCCC1. The van der Waals surface area contributed by atoms with E-state index < -0.39 is 23.8 Å². The molecule has 3 unspecified atom stereocenters. The monoisotopic (exact) mass is 426 g/mol. The van der Waals surface area contributed by atoms with E-state index in [1.54, 1.807) is 12.1 Å². The highest BCUT2D eigenvalue weighted by Gasteiger charge is 2.45. The third kappa shape index (κ3) is 4.14. The maximum absolute atomic E-state index is 13.2. The summed E-state index contributed by atoms with van der Waals surface area (Å²) in [4.78, 5) is 51.0. The van der Waals surface area contributed by atoms with Gasteiger partial charge in [0, 0.05) is 25.0 Å². The normalized spacial score (nSPS) is 24.2. The average molecular weight is 427 g/mol. The molecule has 4 N–H and O–H groups in total. The predicted octanol–water partition coefficient (Wildman–Crippen LogP) is 1.47. The molecule has 1 saturated heterocycles. The number of nitrogens with one attached hydrogen (secondary N) is 2. The third-order valence-electron chi connectivity index (χ3n) is 6.81. The molecule has 31 heavy (non-hydrogen) atoms. The van der Waals surface area contributed by atoms with E-state index in [1.807, 2.05) is 13.0 Å². The summed E-state index contributed by atoms with van der Waals surface area (Å²) >= 11 is 0. The zero-order chi connectivity index (χ0) is 22.1. The zero-order valence-corrected chi connectivity index (χ0v) is 17.9. The van der Waals surface area contributed by atoms with Gasteiger partial charge in [0.15, 0.2) is 0 Å². The van der Waals surface area contributed by atoms with E-state index in [1.165, 1.54) is 19.3 Å². The molecule has 1 saturated carbocycles. The first kappa shape index (κ1) is 21.6. The minimum absolute atomic E-state index is 0.0304. The first-order chi connectivity index (χ1) is 14.9. The Bertz CT molecular complexity index is 907. The van der Waals surface area contributed by atoms with Gasteiger partial charge in [-0.3, -0.25) is 29.4 Å². The fourth-order valence-corrected chi connectivity index (χ4v) is 5.24. The van der Waals surface area contributed by atoms with E-state index in [9.17, 15) is 19.2 Å². The summed E-state index contributed by atoms with van der Waals surface area (Å²) in [6, 6.07) is 4.37. The Morgan fingerprint density at radius 2 is 1.84 bits per heavy atom. The minimum Gasteiger partial charge on any atom is -0.327 e. The molecule has 1 aromatic carbocycles. The van der Waals surface area contributed by atoms with E-state index in [2.05, 4.69) is 10.6 Å². The number of amides is 4. The standard InChI is InChI=1S/C23H30N4O4/c1-13(24)20(14-6-3-2-4-7-14)25-12-15-8-5-9-16-19(15)23(31)27(22(16)30)17-10-11-18(28)26-21(17)29/h5,8-9,13-14,17,20,25H,2-4,6-7,10-12,24H2,1H3,(H,26,28,29). The second-order valence-corrected chi connectivity index (χ2v) is 8.95. The van der Waals surface area contributed by atoms with Gasteiger partial charge in [-0.25, -0.2) is 0 Å². The summed E-state index contributed by atoms with van der Waals surface area (Å²) in [6.07, 6.45) is 6.24. The summed E-state index contributed by atoms with van der Waals surface area (Å²) in [5.41, 5.74) is 7.66. The van der Waals surface area contributed by atoms with E-state index in [-0.39, 0.29) is 30.8 Å². The molecular formula is C23H30N4O4. The lowest BCUT2D eigenvalue weighted by Gasteiger charge is -2.34. The first-order valence-electron chi connectivity index (χ1n) is 11.2. The van der Waals surface area contributed by atoms with Crippen LogP contribution in [0.1, 0.15) is 78.1 Å². The number of nitrogens with two attached hydrogens (primary N) is 1. The van der Waals surface area contributed by atoms with Crippen LogP contribution >= 0.6 is 0 Å². The smallest absolute Gasteiger partial charge is 0.262 e. The predicted molar refractivity (Wildman–Crippen MR) is 114 cm³/mol. The van der Waals surface area contributed by atoms with Crippen molar-refractivity contribution < 1.29 is 19.2 Å². The Hall–Kier alpha value is -2.58. The molecule has 2 fully saturated rings. The van der Waals surface area contributed by atoms with Crippen molar-refractivity contribution in [2.45, 2.75) is 76.5 Å². The van der Waals surface area contributed by atoms with Gasteiger partial charge in [0.25, 0.3) is 11.8 Å². The van der Waals surface area contributed by atoms with Crippen molar-refractivity contribution in [3.63, 3.8) is 0 Å². The Morgan fingerprint density at radius 1 is 1.10 bits per heavy atom. The lowest BCUT2D eigenvalue weighted by atomic mass is 9.81. The molecule has 4 amide bonds. The number of carbonyl (C=O) groups is 4. The summed E-state index contributed by atoms with van der Waals surface area (Å²) in [6.45, 7) is 2.43. The molecule has 0 radical (unpaired) electrons. The molecule has 2 aliphatic heterocycles. The van der Waals surface area contributed by atoms with Gasteiger partial charge in [-0.2, -0.15) is 0 Å². The molecule has 166 valence electrons. The Morgan fingerprint density at radius 3 is 2.52 bits per heavy atom. The van der Waals surface area contributed by atoms with Gasteiger partial charge in [-0.05, 0) is 43.7 Å². The summed E-state index contributed by atoms with van der Waals surface area (Å²) in [5.74, 6) is -1.43. The minimum atomic E-state index is -0.954. The van der Waals surface area contributed by atoms with Crippen molar-refractivity contribution in [2.24, 2.45) is 11.7 Å². The number of imide groups is 2. The molecular weight excluding hydrogens is 396 g/mol. The van der Waals surface area contributed by atoms with Gasteiger partial charge in [-0.1, -0.05) is 31.4 Å². The van der Waals surface area contributed by atoms with Crippen molar-refractivity contribution in [1.82, 2.24) is 15.5 Å². The average Bonchev–Trinajstić information content (AvgIpc) is 3.00. The number of carbonyl (C=O) groups excluding carboxylic acids is 4. The van der Waals surface area contributed by atoms with E-state index in [0.29, 0.717) is 23.6 Å². The molecule has 1 aromatic rings. The second-order valence-electron chi connectivity index (χ2n) is 8.95. The number of nitrogens with zero attached hydrogens (tertiary/aromatic N) is 1. The van der Waals surface area contributed by atoms with Crippen LogP contribution in [0.25, 0.3) is 0 Å². The van der Waals surface area contributed by atoms with Crippen molar-refractivity contribution in [3.05, 3.63) is 34.9 Å². The summed E-state index contributed by atoms with van der Waals surface area (Å²) < 4.78 is 0. The van der Waals surface area contributed by atoms with Crippen LogP contribution in [0.2, 0.25) is 0 Å². The van der Waals surface area contributed by atoms with E-state index in [4.69, 9.17) is 5.73 Å². The summed E-state index contributed by atoms with van der Waals surface area (Å²) in [7, 11) is 0. The molecule has 3 aliphatic rings. The Kier molecular flexibility index (Phi) is 6.20. The van der Waals surface area contributed by atoms with Gasteiger partial charge in [0.05, 0.1) is 11.1 Å². The fraction of sp³-hybridized carbons (Fsp3) is 0.565. The number of rotatable bonds is 6. The lowest BCUT2D eigenvalue weighted by molar-refractivity contribution is -0.136. The van der Waals surface area contributed by atoms with Gasteiger partial charge in [-0.15, -0.1) is 0 Å². The number of hydrogen-bond donors (Lipinski definition) is 3. The second kappa shape index (κ2) is 8.88. The van der Waals surface area contributed by atoms with Crippen LogP contribution in [0.4, 0.5) is 0 Å². The maximum Gasteiger partial charge on any atom is 0.262 e. The zero-order valence-electron chi connectivity index (χ0n) is 17.9. The highest BCUT2D eigenvalue weighted by Crippen LogP contribution is 2.31. The van der Waals surface area contributed by atoms with Crippen molar-refractivity contribution in [3.8, 4) is 0 Å². The Balaban J connectivity index is 1.54. The Labute approximate surface area is 181 Å². The highest BCUT2D eigenvalue weighted by atomic mass is 16.2. The molecule has 0 aromatic heterocycles. The third-order valence-corrected chi connectivity index (χ3v) is 6.81. The van der Waals surface area contributed by atoms with Crippen LogP contribution in [-0.4, -0.2) is 46.7 Å². The van der Waals surface area contributed by atoms with Crippen LogP contribution in [0, 0.1) is 5.92 Å². The molecule has 8 nitrogen and oxygen atoms in total. The lowest BCUT2D eigenvalue weighted by Crippen LogP contribution is -2.54. The van der Waals surface area contributed by atoms with Crippen LogP contribution in [0.3, 0.4) is 0 Å². The van der Waals surface area contributed by atoms with Crippen molar-refractivity contribution >= 4 is 23.6 Å². The summed E-state index contributed by atoms with van der Waals surface area (Å²) in [5, 5.41) is 5.78. The van der Waals surface area contributed by atoms with Gasteiger partial charge >= 0.3 is 0 Å². The van der Waals surface area contributed by atoms with Gasteiger partial charge in [0.1, 0.15) is 6.04 Å². The molecule has 8 heteroatoms. The van der Waals surface area contributed by atoms with Crippen molar-refractivity contribution in [2.75, 3.05) is 0 Å². The van der Waals surface area contributed by atoms with Gasteiger partial charge in [0.2, 0.25) is 11.8 Å². The van der Waals surface area contributed by atoms with Crippen LogP contribution in [-0.2, 0) is 16.1 Å². The molecule has 1 aliphatic carbocycles. The topological polar surface area (TPSA) is 122 Å². The molecule has 4 rings (SSSR count). The van der Waals surface area contributed by atoms with E-state index in [0.717, 1.165) is 23.3 Å². The van der Waals surface area contributed by atoms with Crippen molar-refractivity contribution in [1.29, 1.82) is 0 Å². The van der Waals surface area contributed by atoms with Gasteiger partial charge < -0.3 is 11.1 Å². The maximum atomic E-state index is 13.2. The number of benzene rings is 1. The molecule has 2 heterocycles. The number of fused-ring (bicyclic) bond motifs is 1. The molecule has 3 atom stereocenters. The van der Waals surface area contributed by atoms with Crippen LogP contribution < -0.4 is 16.4 Å².